The smallest absolute Gasteiger partial charge is 0.213 e. The molecule has 0 aromatic carbocycles. The van der Waals surface area contributed by atoms with E-state index in [1.165, 1.54) is 0 Å². The van der Waals surface area contributed by atoms with E-state index < -0.39 is 0 Å². The van der Waals surface area contributed by atoms with E-state index in [2.05, 4.69) is 11.1 Å². The van der Waals surface area contributed by atoms with Gasteiger partial charge in [0.15, 0.2) is 0 Å². The Balaban J connectivity index is 2.91. The van der Waals surface area contributed by atoms with Crippen molar-refractivity contribution in [1.29, 1.82) is 5.26 Å². The first-order chi connectivity index (χ1) is 6.81. The van der Waals surface area contributed by atoms with Gasteiger partial charge in [-0.25, -0.2) is 4.98 Å². The second kappa shape index (κ2) is 5.07. The number of hydrogen-bond acceptors (Lipinski definition) is 4. The first-order valence-electron chi connectivity index (χ1n) is 4.25. The third kappa shape index (κ3) is 2.36. The number of pyridine rings is 1. The number of rotatable bonds is 4. The van der Waals surface area contributed by atoms with Gasteiger partial charge < -0.3 is 9.47 Å². The molecule has 14 heavy (non-hydrogen) atoms. The third-order valence-corrected chi connectivity index (χ3v) is 1.86. The fourth-order valence-electron chi connectivity index (χ4n) is 1.14. The summed E-state index contributed by atoms with van der Waals surface area (Å²) in [5.74, 6) is 1.24. The summed E-state index contributed by atoms with van der Waals surface area (Å²) in [7, 11) is 3.14. The molecular weight excluding hydrogens is 180 g/mol. The molecule has 0 unspecified atom stereocenters. The average Bonchev–Trinajstić information content (AvgIpc) is 2.25. The molecule has 0 aliphatic heterocycles. The van der Waals surface area contributed by atoms with Gasteiger partial charge in [-0.3, -0.25) is 0 Å². The molecule has 4 nitrogen and oxygen atoms in total. The van der Waals surface area contributed by atoms with Gasteiger partial charge in [0, 0.05) is 18.1 Å². The highest BCUT2D eigenvalue weighted by Gasteiger charge is 2.05. The van der Waals surface area contributed by atoms with E-state index in [0.29, 0.717) is 24.5 Å². The molecule has 0 N–H and O–H groups in total. The molecule has 0 saturated heterocycles. The van der Waals surface area contributed by atoms with E-state index in [1.807, 2.05) is 0 Å². The van der Waals surface area contributed by atoms with Crippen molar-refractivity contribution in [2.24, 2.45) is 0 Å². The molecule has 0 amide bonds. The molecular formula is C10H12N2O2. The quantitative estimate of drug-likeness (QED) is 0.726. The Labute approximate surface area is 83.1 Å². The highest BCUT2D eigenvalue weighted by atomic mass is 16.5. The molecule has 1 aromatic heterocycles. The minimum Gasteiger partial charge on any atom is -0.495 e. The summed E-state index contributed by atoms with van der Waals surface area (Å²) in [4.78, 5) is 4.01. The van der Waals surface area contributed by atoms with Crippen LogP contribution in [0.25, 0.3) is 0 Å². The monoisotopic (exact) mass is 192 g/mol. The number of hydrogen-bond donors (Lipinski definition) is 0. The maximum absolute atomic E-state index is 8.48. The lowest BCUT2D eigenvalue weighted by atomic mass is 10.1. The molecule has 0 radical (unpaired) electrons. The van der Waals surface area contributed by atoms with Crippen LogP contribution in [0.2, 0.25) is 0 Å². The van der Waals surface area contributed by atoms with Crippen LogP contribution in [0.3, 0.4) is 0 Å². The van der Waals surface area contributed by atoms with Crippen LogP contribution in [-0.2, 0) is 6.42 Å². The molecule has 0 fully saturated rings. The van der Waals surface area contributed by atoms with E-state index in [-0.39, 0.29) is 0 Å². The number of aromatic nitrogens is 1. The van der Waals surface area contributed by atoms with Gasteiger partial charge in [0.05, 0.1) is 26.5 Å². The van der Waals surface area contributed by atoms with Crippen LogP contribution in [0.4, 0.5) is 0 Å². The van der Waals surface area contributed by atoms with Crippen LogP contribution in [0, 0.1) is 11.3 Å². The van der Waals surface area contributed by atoms with E-state index in [0.717, 1.165) is 5.56 Å². The van der Waals surface area contributed by atoms with E-state index in [9.17, 15) is 0 Å². The van der Waals surface area contributed by atoms with E-state index in [1.54, 1.807) is 26.5 Å². The second-order valence-corrected chi connectivity index (χ2v) is 2.70. The normalized spacial score (nSPS) is 9.21. The number of aryl methyl sites for hydroxylation is 1. The Morgan fingerprint density at radius 2 is 2.21 bits per heavy atom. The fraction of sp³-hybridized carbons (Fsp3) is 0.400. The molecule has 1 heterocycles. The number of nitrogens with zero attached hydrogens (tertiary/aromatic N) is 2. The highest BCUT2D eigenvalue weighted by Crippen LogP contribution is 2.22. The van der Waals surface area contributed by atoms with Crippen molar-refractivity contribution in [3.05, 3.63) is 17.8 Å². The SMILES string of the molecule is COc1cc(CCC#N)c(OC)cn1. The summed E-state index contributed by atoms with van der Waals surface area (Å²) in [6, 6.07) is 3.88. The zero-order valence-corrected chi connectivity index (χ0v) is 8.28. The van der Waals surface area contributed by atoms with Crippen LogP contribution >= 0.6 is 0 Å². The summed E-state index contributed by atoms with van der Waals surface area (Å²) in [5.41, 5.74) is 0.945. The van der Waals surface area contributed by atoms with Gasteiger partial charge in [0.1, 0.15) is 5.75 Å². The zero-order valence-electron chi connectivity index (χ0n) is 8.28. The van der Waals surface area contributed by atoms with Crippen LogP contribution in [0.15, 0.2) is 12.3 Å². The number of ether oxygens (including phenoxy) is 2. The first kappa shape index (κ1) is 10.3. The van der Waals surface area contributed by atoms with Crippen molar-refractivity contribution in [2.75, 3.05) is 14.2 Å². The molecule has 0 spiro atoms. The average molecular weight is 192 g/mol. The van der Waals surface area contributed by atoms with Gasteiger partial charge >= 0.3 is 0 Å². The van der Waals surface area contributed by atoms with Gasteiger partial charge in [-0.05, 0) is 6.42 Å². The Kier molecular flexibility index (Phi) is 3.74. The van der Waals surface area contributed by atoms with Crippen molar-refractivity contribution in [1.82, 2.24) is 4.98 Å². The van der Waals surface area contributed by atoms with Crippen molar-refractivity contribution >= 4 is 0 Å². The van der Waals surface area contributed by atoms with Crippen molar-refractivity contribution < 1.29 is 9.47 Å². The lowest BCUT2D eigenvalue weighted by Gasteiger charge is -2.07. The highest BCUT2D eigenvalue weighted by molar-refractivity contribution is 5.35. The number of methoxy groups -OCH3 is 2. The Morgan fingerprint density at radius 3 is 2.79 bits per heavy atom. The van der Waals surface area contributed by atoms with Crippen LogP contribution in [0.1, 0.15) is 12.0 Å². The molecule has 0 aliphatic rings. The maximum Gasteiger partial charge on any atom is 0.213 e. The van der Waals surface area contributed by atoms with Crippen molar-refractivity contribution in [3.8, 4) is 17.7 Å². The molecule has 1 aromatic rings. The maximum atomic E-state index is 8.48. The third-order valence-electron chi connectivity index (χ3n) is 1.86. The Morgan fingerprint density at radius 1 is 1.43 bits per heavy atom. The minimum atomic E-state index is 0.462. The lowest BCUT2D eigenvalue weighted by molar-refractivity contribution is 0.384. The molecule has 1 rings (SSSR count). The fourth-order valence-corrected chi connectivity index (χ4v) is 1.14. The van der Waals surface area contributed by atoms with Gasteiger partial charge in [-0.1, -0.05) is 0 Å². The van der Waals surface area contributed by atoms with E-state index >= 15 is 0 Å². The molecule has 4 heteroatoms. The van der Waals surface area contributed by atoms with Crippen molar-refractivity contribution in [2.45, 2.75) is 12.8 Å². The summed E-state index contributed by atoms with van der Waals surface area (Å²) in [6.45, 7) is 0. The summed E-state index contributed by atoms with van der Waals surface area (Å²) in [5, 5.41) is 8.48. The summed E-state index contributed by atoms with van der Waals surface area (Å²) >= 11 is 0. The number of nitriles is 1. The van der Waals surface area contributed by atoms with Gasteiger partial charge in [-0.15, -0.1) is 0 Å². The lowest BCUT2D eigenvalue weighted by Crippen LogP contribution is -1.95. The van der Waals surface area contributed by atoms with Gasteiger partial charge in [0.25, 0.3) is 0 Å². The first-order valence-corrected chi connectivity index (χ1v) is 4.25. The molecule has 0 aliphatic carbocycles. The Bertz CT molecular complexity index is 344. The van der Waals surface area contributed by atoms with Crippen LogP contribution in [-0.4, -0.2) is 19.2 Å². The predicted octanol–water partition coefficient (Wildman–Crippen LogP) is 1.55. The van der Waals surface area contributed by atoms with Crippen LogP contribution < -0.4 is 9.47 Å². The van der Waals surface area contributed by atoms with Gasteiger partial charge in [0.2, 0.25) is 5.88 Å². The zero-order chi connectivity index (χ0) is 10.4. The van der Waals surface area contributed by atoms with Crippen LogP contribution in [0.5, 0.6) is 11.6 Å². The Hall–Kier alpha value is -1.76. The molecule has 74 valence electrons. The molecule has 0 bridgehead atoms. The molecule has 0 saturated carbocycles. The predicted molar refractivity (Wildman–Crippen MR) is 51.3 cm³/mol. The topological polar surface area (TPSA) is 55.1 Å². The standard InChI is InChI=1S/C10H12N2O2/c1-13-9-7-12-10(14-2)6-8(9)4-3-5-11/h6-7H,3-4H2,1-2H3. The summed E-state index contributed by atoms with van der Waals surface area (Å²) < 4.78 is 10.1. The summed E-state index contributed by atoms with van der Waals surface area (Å²) in [6.07, 6.45) is 2.72. The second-order valence-electron chi connectivity index (χ2n) is 2.70. The van der Waals surface area contributed by atoms with Gasteiger partial charge in [-0.2, -0.15) is 5.26 Å². The largest absolute Gasteiger partial charge is 0.495 e. The minimum absolute atomic E-state index is 0.462. The van der Waals surface area contributed by atoms with E-state index in [4.69, 9.17) is 14.7 Å². The van der Waals surface area contributed by atoms with Crippen molar-refractivity contribution in [3.63, 3.8) is 0 Å². The molecule has 0 atom stereocenters.